The fourth-order valence-corrected chi connectivity index (χ4v) is 4.59. The molecule has 1 aliphatic rings. The van der Waals surface area contributed by atoms with Crippen LogP contribution < -0.4 is 15.8 Å². The molecule has 0 unspecified atom stereocenters. The van der Waals surface area contributed by atoms with Crippen LogP contribution in [-0.4, -0.2) is 39.0 Å². The zero-order valence-electron chi connectivity index (χ0n) is 20.6. The van der Waals surface area contributed by atoms with Crippen LogP contribution in [0.5, 0.6) is 5.75 Å². The van der Waals surface area contributed by atoms with E-state index in [9.17, 15) is 18.0 Å². The number of oxazole rings is 1. The molecule has 0 radical (unpaired) electrons. The van der Waals surface area contributed by atoms with Gasteiger partial charge in [0.25, 0.3) is 5.91 Å². The van der Waals surface area contributed by atoms with Gasteiger partial charge in [0.2, 0.25) is 5.89 Å². The van der Waals surface area contributed by atoms with Crippen molar-refractivity contribution in [3.05, 3.63) is 65.7 Å². The average molecular weight is 527 g/mol. The van der Waals surface area contributed by atoms with E-state index >= 15 is 0 Å². The molecule has 1 aliphatic carbocycles. The van der Waals surface area contributed by atoms with E-state index in [-0.39, 0.29) is 34.7 Å². The maximum atomic E-state index is 13.3. The number of aromatic nitrogens is 4. The van der Waals surface area contributed by atoms with Gasteiger partial charge in [0.1, 0.15) is 22.8 Å². The quantitative estimate of drug-likeness (QED) is 0.361. The molecule has 1 aromatic carbocycles. The maximum absolute atomic E-state index is 13.3. The van der Waals surface area contributed by atoms with Crippen molar-refractivity contribution in [3.63, 3.8) is 0 Å². The van der Waals surface area contributed by atoms with Crippen molar-refractivity contribution in [3.8, 4) is 17.2 Å². The number of fused-ring (bicyclic) bond motifs is 1. The van der Waals surface area contributed by atoms with E-state index in [2.05, 4.69) is 25.3 Å². The fourth-order valence-electron chi connectivity index (χ4n) is 4.59. The van der Waals surface area contributed by atoms with Crippen LogP contribution in [0, 0.1) is 5.92 Å². The van der Waals surface area contributed by atoms with Crippen molar-refractivity contribution in [2.75, 3.05) is 7.11 Å². The molecule has 9 nitrogen and oxygen atoms in total. The average Bonchev–Trinajstić information content (AvgIpc) is 3.32. The van der Waals surface area contributed by atoms with Crippen LogP contribution in [0.25, 0.3) is 22.4 Å². The second-order valence-corrected chi connectivity index (χ2v) is 9.30. The van der Waals surface area contributed by atoms with Crippen molar-refractivity contribution < 1.29 is 27.1 Å². The summed E-state index contributed by atoms with van der Waals surface area (Å²) in [7, 11) is 1.34. The Morgan fingerprint density at radius 2 is 1.92 bits per heavy atom. The first-order valence-electron chi connectivity index (χ1n) is 12.0. The Morgan fingerprint density at radius 3 is 2.58 bits per heavy atom. The lowest BCUT2D eigenvalue weighted by atomic mass is 9.78. The van der Waals surface area contributed by atoms with Gasteiger partial charge in [-0.15, -0.1) is 0 Å². The molecule has 3 N–H and O–H groups in total. The first-order valence-corrected chi connectivity index (χ1v) is 12.0. The van der Waals surface area contributed by atoms with Crippen molar-refractivity contribution >= 4 is 16.8 Å². The fraction of sp³-hybridized carbons (Fsp3) is 0.346. The highest BCUT2D eigenvalue weighted by atomic mass is 19.4. The first-order chi connectivity index (χ1) is 18.1. The molecular weight excluding hydrogens is 501 g/mol. The molecule has 3 aromatic heterocycles. The molecule has 1 fully saturated rings. The van der Waals surface area contributed by atoms with Gasteiger partial charge in [-0.25, -0.2) is 19.9 Å². The minimum atomic E-state index is -4.62. The van der Waals surface area contributed by atoms with Crippen molar-refractivity contribution in [2.45, 2.75) is 44.4 Å². The van der Waals surface area contributed by atoms with Crippen LogP contribution in [0.2, 0.25) is 0 Å². The van der Waals surface area contributed by atoms with Crippen LogP contribution >= 0.6 is 0 Å². The zero-order valence-corrected chi connectivity index (χ0v) is 20.6. The molecule has 0 aliphatic heterocycles. The number of hydrogen-bond donors (Lipinski definition) is 2. The van der Waals surface area contributed by atoms with Gasteiger partial charge in [0.05, 0.1) is 13.2 Å². The van der Waals surface area contributed by atoms with Gasteiger partial charge in [-0.2, -0.15) is 13.2 Å². The Hall–Kier alpha value is -4.06. The van der Waals surface area contributed by atoms with E-state index < -0.39 is 23.8 Å². The van der Waals surface area contributed by atoms with Crippen molar-refractivity contribution in [2.24, 2.45) is 11.7 Å². The number of carbonyl (C=O) groups excluding carboxylic acids is 1. The summed E-state index contributed by atoms with van der Waals surface area (Å²) in [4.78, 5) is 29.8. The molecule has 12 heteroatoms. The van der Waals surface area contributed by atoms with Gasteiger partial charge >= 0.3 is 6.18 Å². The molecule has 198 valence electrons. The summed E-state index contributed by atoms with van der Waals surface area (Å²) in [5.41, 5.74) is 5.40. The molecule has 0 saturated heterocycles. The van der Waals surface area contributed by atoms with E-state index in [1.165, 1.54) is 19.2 Å². The number of ether oxygens (including phenoxy) is 1. The highest BCUT2D eigenvalue weighted by molar-refractivity contribution is 5.98. The lowest BCUT2D eigenvalue weighted by Gasteiger charge is -2.35. The maximum Gasteiger partial charge on any atom is 0.433 e. The minimum absolute atomic E-state index is 0.00530. The topological polar surface area (TPSA) is 129 Å². The number of nitrogens with zero attached hydrogens (tertiary/aromatic N) is 4. The normalized spacial score (nSPS) is 18.2. The first kappa shape index (κ1) is 25.6. The third kappa shape index (κ3) is 5.03. The summed E-state index contributed by atoms with van der Waals surface area (Å²) in [6.07, 6.45) is 1.07. The summed E-state index contributed by atoms with van der Waals surface area (Å²) in [6.45, 7) is 1.66. The summed E-state index contributed by atoms with van der Waals surface area (Å²) in [5, 5.41) is 3.30. The molecule has 1 atom stereocenters. The van der Waals surface area contributed by atoms with Crippen LogP contribution in [0.1, 0.15) is 53.6 Å². The van der Waals surface area contributed by atoms with Gasteiger partial charge in [-0.1, -0.05) is 0 Å². The molecular formula is C26H25F3N6O3. The summed E-state index contributed by atoms with van der Waals surface area (Å²) in [6, 6.07) is 6.30. The number of carbonyl (C=O) groups is 1. The van der Waals surface area contributed by atoms with Crippen LogP contribution in [0.4, 0.5) is 13.2 Å². The summed E-state index contributed by atoms with van der Waals surface area (Å²) < 4.78 is 51.0. The van der Waals surface area contributed by atoms with Crippen molar-refractivity contribution in [1.82, 2.24) is 25.3 Å². The second-order valence-electron chi connectivity index (χ2n) is 9.30. The predicted octanol–water partition coefficient (Wildman–Crippen LogP) is 4.48. The van der Waals surface area contributed by atoms with Crippen LogP contribution in [0.3, 0.4) is 0 Å². The molecule has 38 heavy (non-hydrogen) atoms. The number of nitrogens with two attached hydrogens (primary N) is 1. The number of methoxy groups -OCH3 is 1. The Balaban J connectivity index is 1.40. The largest absolute Gasteiger partial charge is 0.494 e. The Kier molecular flexibility index (Phi) is 6.74. The van der Waals surface area contributed by atoms with E-state index in [4.69, 9.17) is 14.9 Å². The molecule has 5 rings (SSSR count). The second kappa shape index (κ2) is 10.0. The van der Waals surface area contributed by atoms with Gasteiger partial charge < -0.3 is 20.2 Å². The highest BCUT2D eigenvalue weighted by Crippen LogP contribution is 2.37. The number of rotatable bonds is 7. The standard InChI is InChI=1S/C26H25F3N6O3/c1-13(30)23-22(24(36)33-15-10-14(11-15)12-20-31-8-3-9-32-20)35-25(38-23)17-4-6-18(37-2)21-16(17)5-7-19(34-21)26(27,28)29/h3-9,13-15H,10-12,30H2,1-2H3,(H,33,36)/t13-,14-,15-/m0/s1. The molecule has 1 amide bonds. The monoisotopic (exact) mass is 526 g/mol. The third-order valence-electron chi connectivity index (χ3n) is 6.50. The SMILES string of the molecule is COc1ccc(-c2nc(C(=O)N[C@H]3C[C@H](Cc4ncccn4)C3)c([C@H](C)N)o2)c2ccc(C(F)(F)F)nc12. The van der Waals surface area contributed by atoms with Gasteiger partial charge in [0.15, 0.2) is 11.5 Å². The van der Waals surface area contributed by atoms with Gasteiger partial charge in [-0.05, 0) is 56.0 Å². The number of pyridine rings is 1. The van der Waals surface area contributed by atoms with Gasteiger partial charge in [0, 0.05) is 35.8 Å². The summed E-state index contributed by atoms with van der Waals surface area (Å²) >= 11 is 0. The molecule has 3 heterocycles. The van der Waals surface area contributed by atoms with Crippen LogP contribution in [0.15, 0.2) is 47.1 Å². The number of alkyl halides is 3. The zero-order chi connectivity index (χ0) is 27.0. The Bertz CT molecular complexity index is 1470. The molecule has 4 aromatic rings. The van der Waals surface area contributed by atoms with E-state index in [1.54, 1.807) is 31.5 Å². The van der Waals surface area contributed by atoms with Crippen LogP contribution in [-0.2, 0) is 12.6 Å². The smallest absolute Gasteiger partial charge is 0.433 e. The Labute approximate surface area is 215 Å². The minimum Gasteiger partial charge on any atom is -0.494 e. The lowest BCUT2D eigenvalue weighted by Crippen LogP contribution is -2.45. The lowest BCUT2D eigenvalue weighted by molar-refractivity contribution is -0.140. The van der Waals surface area contributed by atoms with Crippen molar-refractivity contribution in [1.29, 1.82) is 0 Å². The van der Waals surface area contributed by atoms with E-state index in [0.29, 0.717) is 16.9 Å². The molecule has 1 saturated carbocycles. The summed E-state index contributed by atoms with van der Waals surface area (Å²) in [5.74, 6) is 1.09. The number of hydrogen-bond acceptors (Lipinski definition) is 8. The number of benzene rings is 1. The Morgan fingerprint density at radius 1 is 1.18 bits per heavy atom. The highest BCUT2D eigenvalue weighted by Gasteiger charge is 2.35. The molecule has 0 spiro atoms. The van der Waals surface area contributed by atoms with Gasteiger partial charge in [-0.3, -0.25) is 4.79 Å². The number of halogens is 3. The number of amides is 1. The molecule has 0 bridgehead atoms. The van der Waals surface area contributed by atoms with E-state index in [0.717, 1.165) is 31.2 Å². The number of nitrogens with one attached hydrogen (secondary N) is 1. The predicted molar refractivity (Wildman–Crippen MR) is 131 cm³/mol. The third-order valence-corrected chi connectivity index (χ3v) is 6.50. The van der Waals surface area contributed by atoms with E-state index in [1.807, 2.05) is 0 Å².